The van der Waals surface area contributed by atoms with Gasteiger partial charge in [0.05, 0.1) is 18.5 Å². The highest BCUT2D eigenvalue weighted by Crippen LogP contribution is 2.15. The second kappa shape index (κ2) is 3.36. The van der Waals surface area contributed by atoms with Gasteiger partial charge in [-0.3, -0.25) is 4.40 Å². The quantitative estimate of drug-likeness (QED) is 0.688. The molecule has 0 bridgehead atoms. The molecule has 0 N–H and O–H groups in total. The number of hydrogen-bond donors (Lipinski definition) is 0. The van der Waals surface area contributed by atoms with Crippen LogP contribution in [0.4, 0.5) is 0 Å². The number of pyridine rings is 1. The van der Waals surface area contributed by atoms with Crippen LogP contribution in [0.5, 0.6) is 0 Å². The zero-order chi connectivity index (χ0) is 9.26. The molecular weight excluding hydrogens is 188 g/mol. The van der Waals surface area contributed by atoms with Gasteiger partial charge in [0.2, 0.25) is 0 Å². The highest BCUT2D eigenvalue weighted by atomic mass is 35.5. The molecule has 3 nitrogen and oxygen atoms in total. The molecule has 0 aliphatic heterocycles. The third-order valence-electron chi connectivity index (χ3n) is 1.85. The minimum Gasteiger partial charge on any atom is -0.378 e. The van der Waals surface area contributed by atoms with E-state index in [9.17, 15) is 0 Å². The van der Waals surface area contributed by atoms with E-state index in [0.29, 0.717) is 11.8 Å². The Morgan fingerprint density at radius 3 is 3.15 bits per heavy atom. The van der Waals surface area contributed by atoms with Crippen molar-refractivity contribution in [3.8, 4) is 0 Å². The van der Waals surface area contributed by atoms with E-state index in [2.05, 4.69) is 4.98 Å². The lowest BCUT2D eigenvalue weighted by Gasteiger charge is -2.01. The summed E-state index contributed by atoms with van der Waals surface area (Å²) in [6, 6.07) is 5.61. The number of fused-ring (bicyclic) bond motifs is 1. The van der Waals surface area contributed by atoms with Crippen LogP contribution in [0.25, 0.3) is 5.65 Å². The molecule has 0 aromatic carbocycles. The second-order valence-corrected chi connectivity index (χ2v) is 3.11. The number of aromatic nitrogens is 2. The molecule has 0 saturated carbocycles. The predicted molar refractivity (Wildman–Crippen MR) is 50.9 cm³/mol. The van der Waals surface area contributed by atoms with Crippen molar-refractivity contribution in [2.45, 2.75) is 6.61 Å². The lowest BCUT2D eigenvalue weighted by molar-refractivity contribution is 0.181. The van der Waals surface area contributed by atoms with Gasteiger partial charge >= 0.3 is 0 Å². The van der Waals surface area contributed by atoms with E-state index in [1.807, 2.05) is 22.6 Å². The maximum atomic E-state index is 6.01. The van der Waals surface area contributed by atoms with Gasteiger partial charge < -0.3 is 4.74 Å². The van der Waals surface area contributed by atoms with E-state index in [0.717, 1.165) is 11.3 Å². The number of methoxy groups -OCH3 is 1. The average Bonchev–Trinajstić information content (AvgIpc) is 2.51. The molecule has 0 atom stereocenters. The Labute approximate surface area is 80.9 Å². The molecule has 0 radical (unpaired) electrons. The Hall–Kier alpha value is -1.06. The van der Waals surface area contributed by atoms with Gasteiger partial charge in [-0.15, -0.1) is 0 Å². The third-order valence-corrected chi connectivity index (χ3v) is 2.14. The Balaban J connectivity index is 2.64. The number of nitrogens with zero attached hydrogens (tertiary/aromatic N) is 2. The van der Waals surface area contributed by atoms with Gasteiger partial charge in [0.1, 0.15) is 10.8 Å². The molecule has 68 valence electrons. The number of imidazole rings is 1. The summed E-state index contributed by atoms with van der Waals surface area (Å²) in [5, 5.41) is 0.655. The standard InChI is InChI=1S/C9H9ClN2O/c1-13-6-7-5-11-9-4-2-3-8(10)12(7)9/h2-5H,6H2,1H3. The zero-order valence-electron chi connectivity index (χ0n) is 7.20. The lowest BCUT2D eigenvalue weighted by atomic mass is 10.4. The van der Waals surface area contributed by atoms with Gasteiger partial charge in [0.15, 0.2) is 0 Å². The normalized spacial score (nSPS) is 10.9. The summed E-state index contributed by atoms with van der Waals surface area (Å²) in [5.74, 6) is 0. The molecule has 2 aromatic heterocycles. The van der Waals surface area contributed by atoms with Gasteiger partial charge in [-0.2, -0.15) is 0 Å². The molecule has 0 unspecified atom stereocenters. The molecule has 2 aromatic rings. The highest BCUT2D eigenvalue weighted by molar-refractivity contribution is 6.29. The first-order valence-corrected chi connectivity index (χ1v) is 4.30. The van der Waals surface area contributed by atoms with Crippen molar-refractivity contribution < 1.29 is 4.74 Å². The number of hydrogen-bond acceptors (Lipinski definition) is 2. The second-order valence-electron chi connectivity index (χ2n) is 2.72. The number of rotatable bonds is 2. The Bertz CT molecular complexity index is 424. The van der Waals surface area contributed by atoms with Crippen molar-refractivity contribution in [3.63, 3.8) is 0 Å². The molecule has 2 heterocycles. The molecule has 0 aliphatic carbocycles. The van der Waals surface area contributed by atoms with Gasteiger partial charge in [0, 0.05) is 7.11 Å². The van der Waals surface area contributed by atoms with Crippen molar-refractivity contribution in [3.05, 3.63) is 35.2 Å². The Morgan fingerprint density at radius 2 is 2.38 bits per heavy atom. The molecule has 13 heavy (non-hydrogen) atoms. The Kier molecular flexibility index (Phi) is 2.20. The van der Waals surface area contributed by atoms with E-state index in [1.54, 1.807) is 13.3 Å². The Morgan fingerprint density at radius 1 is 1.54 bits per heavy atom. The monoisotopic (exact) mass is 196 g/mol. The minimum atomic E-state index is 0.519. The van der Waals surface area contributed by atoms with Crippen LogP contribution < -0.4 is 0 Å². The number of halogens is 1. The molecule has 4 heteroatoms. The van der Waals surface area contributed by atoms with E-state index in [4.69, 9.17) is 16.3 Å². The molecule has 2 rings (SSSR count). The van der Waals surface area contributed by atoms with Crippen molar-refractivity contribution >= 4 is 17.2 Å². The maximum Gasteiger partial charge on any atom is 0.138 e. The first kappa shape index (κ1) is 8.53. The SMILES string of the molecule is COCc1cnc2cccc(Cl)n12. The van der Waals surface area contributed by atoms with Crippen LogP contribution in [0, 0.1) is 0 Å². The van der Waals surface area contributed by atoms with Crippen LogP contribution in [0.2, 0.25) is 5.15 Å². The molecule has 0 aliphatic rings. The fourth-order valence-corrected chi connectivity index (χ4v) is 1.57. The van der Waals surface area contributed by atoms with Gasteiger partial charge in [-0.1, -0.05) is 17.7 Å². The van der Waals surface area contributed by atoms with E-state index >= 15 is 0 Å². The summed E-state index contributed by atoms with van der Waals surface area (Å²) in [6.45, 7) is 0.519. The minimum absolute atomic E-state index is 0.519. The van der Waals surface area contributed by atoms with E-state index < -0.39 is 0 Å². The largest absolute Gasteiger partial charge is 0.378 e. The van der Waals surface area contributed by atoms with Crippen molar-refractivity contribution in [2.75, 3.05) is 7.11 Å². The third kappa shape index (κ3) is 1.41. The van der Waals surface area contributed by atoms with E-state index in [1.165, 1.54) is 0 Å². The van der Waals surface area contributed by atoms with Crippen LogP contribution >= 0.6 is 11.6 Å². The summed E-state index contributed by atoms with van der Waals surface area (Å²) in [4.78, 5) is 4.20. The van der Waals surface area contributed by atoms with E-state index in [-0.39, 0.29) is 0 Å². The van der Waals surface area contributed by atoms with Crippen molar-refractivity contribution in [2.24, 2.45) is 0 Å². The highest BCUT2D eigenvalue weighted by Gasteiger charge is 2.04. The van der Waals surface area contributed by atoms with Crippen LogP contribution in [-0.4, -0.2) is 16.5 Å². The molecule has 0 saturated heterocycles. The summed E-state index contributed by atoms with van der Waals surface area (Å²) in [6.07, 6.45) is 1.77. The van der Waals surface area contributed by atoms with Gasteiger partial charge in [-0.25, -0.2) is 4.98 Å². The molecular formula is C9H9ClN2O. The van der Waals surface area contributed by atoms with Crippen molar-refractivity contribution in [1.29, 1.82) is 0 Å². The van der Waals surface area contributed by atoms with Crippen LogP contribution in [-0.2, 0) is 11.3 Å². The smallest absolute Gasteiger partial charge is 0.138 e. The maximum absolute atomic E-state index is 6.01. The molecule has 0 fully saturated rings. The fraction of sp³-hybridized carbons (Fsp3) is 0.222. The number of ether oxygens (including phenoxy) is 1. The average molecular weight is 197 g/mol. The first-order valence-electron chi connectivity index (χ1n) is 3.92. The summed E-state index contributed by atoms with van der Waals surface area (Å²) >= 11 is 6.01. The molecule has 0 spiro atoms. The zero-order valence-corrected chi connectivity index (χ0v) is 7.95. The lowest BCUT2D eigenvalue weighted by Crippen LogP contribution is -1.95. The summed E-state index contributed by atoms with van der Waals surface area (Å²) in [7, 11) is 1.65. The van der Waals surface area contributed by atoms with Crippen LogP contribution in [0.1, 0.15) is 5.69 Å². The van der Waals surface area contributed by atoms with Crippen molar-refractivity contribution in [1.82, 2.24) is 9.38 Å². The van der Waals surface area contributed by atoms with Crippen LogP contribution in [0.3, 0.4) is 0 Å². The van der Waals surface area contributed by atoms with Crippen LogP contribution in [0.15, 0.2) is 24.4 Å². The molecule has 0 amide bonds. The van der Waals surface area contributed by atoms with Gasteiger partial charge in [0.25, 0.3) is 0 Å². The van der Waals surface area contributed by atoms with Gasteiger partial charge in [-0.05, 0) is 12.1 Å². The predicted octanol–water partition coefficient (Wildman–Crippen LogP) is 2.13. The topological polar surface area (TPSA) is 26.5 Å². The summed E-state index contributed by atoms with van der Waals surface area (Å²) in [5.41, 5.74) is 1.81. The fourth-order valence-electron chi connectivity index (χ4n) is 1.31. The summed E-state index contributed by atoms with van der Waals surface area (Å²) < 4.78 is 6.90. The first-order chi connectivity index (χ1) is 6.33.